The molecule has 0 radical (unpaired) electrons. The summed E-state index contributed by atoms with van der Waals surface area (Å²) >= 11 is 3.55. The summed E-state index contributed by atoms with van der Waals surface area (Å²) in [6.45, 7) is 0. The molecule has 3 heteroatoms. The Morgan fingerprint density at radius 2 is 1.58 bits per heavy atom. The van der Waals surface area contributed by atoms with Crippen molar-refractivity contribution in [1.29, 1.82) is 0 Å². The van der Waals surface area contributed by atoms with Gasteiger partial charge in [-0.05, 0) is 24.5 Å². The normalized spacial score (nSPS) is 27.0. The highest BCUT2D eigenvalue weighted by Crippen LogP contribution is 2.49. The molecule has 4 rings (SSSR count). The quantitative estimate of drug-likeness (QED) is 0.520. The monoisotopic (exact) mass is 383 g/mol. The van der Waals surface area contributed by atoms with E-state index in [-0.39, 0.29) is 17.9 Å². The van der Waals surface area contributed by atoms with Gasteiger partial charge in [-0.1, -0.05) is 83.7 Å². The van der Waals surface area contributed by atoms with Crippen LogP contribution in [0.1, 0.15) is 54.1 Å². The Balaban J connectivity index is 1.64. The van der Waals surface area contributed by atoms with Crippen LogP contribution in [0, 0.1) is 0 Å². The zero-order chi connectivity index (χ0) is 16.5. The Morgan fingerprint density at radius 3 is 2.29 bits per heavy atom. The molecule has 124 valence electrons. The second kappa shape index (κ2) is 6.81. The summed E-state index contributed by atoms with van der Waals surface area (Å²) in [5, 5.41) is 0. The maximum absolute atomic E-state index is 13.2. The largest absolute Gasteiger partial charge is 0.292 e. The van der Waals surface area contributed by atoms with E-state index >= 15 is 0 Å². The third kappa shape index (κ3) is 2.96. The molecule has 24 heavy (non-hydrogen) atoms. The summed E-state index contributed by atoms with van der Waals surface area (Å²) in [5.74, 6) is 0.252. The minimum atomic E-state index is -0.00537. The minimum Gasteiger partial charge on any atom is -0.292 e. The summed E-state index contributed by atoms with van der Waals surface area (Å²) in [7, 11) is 0. The number of ketones is 1. The topological polar surface area (TPSA) is 20.1 Å². The number of halogens is 1. The molecule has 0 N–H and O–H groups in total. The predicted octanol–water partition coefficient (Wildman–Crippen LogP) is 5.39. The molecule has 2 aromatic rings. The first kappa shape index (κ1) is 16.0. The van der Waals surface area contributed by atoms with Gasteiger partial charge in [-0.2, -0.15) is 0 Å². The third-order valence-corrected chi connectivity index (χ3v) is 6.09. The van der Waals surface area contributed by atoms with Crippen molar-refractivity contribution in [3.63, 3.8) is 0 Å². The van der Waals surface area contributed by atoms with E-state index in [9.17, 15) is 4.79 Å². The van der Waals surface area contributed by atoms with E-state index in [0.29, 0.717) is 6.04 Å². The summed E-state index contributed by atoms with van der Waals surface area (Å²) in [6.07, 6.45) is 6.37. The average molecular weight is 384 g/mol. The Labute approximate surface area is 152 Å². The number of nitrogens with zero attached hydrogens (tertiary/aromatic N) is 1. The van der Waals surface area contributed by atoms with Crippen LogP contribution < -0.4 is 0 Å². The van der Waals surface area contributed by atoms with E-state index in [1.807, 2.05) is 30.3 Å². The molecule has 0 spiro atoms. The van der Waals surface area contributed by atoms with Crippen LogP contribution in [0.2, 0.25) is 0 Å². The van der Waals surface area contributed by atoms with Crippen LogP contribution in [-0.4, -0.2) is 22.8 Å². The first-order valence-electron chi connectivity index (χ1n) is 8.88. The number of hydrogen-bond acceptors (Lipinski definition) is 2. The van der Waals surface area contributed by atoms with Crippen molar-refractivity contribution in [2.24, 2.45) is 0 Å². The lowest BCUT2D eigenvalue weighted by atomic mass is 9.95. The molecule has 0 amide bonds. The maximum Gasteiger partial charge on any atom is 0.183 e. The van der Waals surface area contributed by atoms with Crippen LogP contribution in [-0.2, 0) is 0 Å². The van der Waals surface area contributed by atoms with Gasteiger partial charge in [0.15, 0.2) is 5.78 Å². The highest BCUT2D eigenvalue weighted by molar-refractivity contribution is 9.10. The highest BCUT2D eigenvalue weighted by atomic mass is 79.9. The van der Waals surface area contributed by atoms with Gasteiger partial charge in [-0.3, -0.25) is 9.69 Å². The molecule has 1 heterocycles. The molecule has 1 saturated heterocycles. The summed E-state index contributed by atoms with van der Waals surface area (Å²) in [5.41, 5.74) is 2.08. The second-order valence-electron chi connectivity index (χ2n) is 6.88. The molecule has 2 aromatic carbocycles. The van der Waals surface area contributed by atoms with Gasteiger partial charge in [0.05, 0.1) is 12.1 Å². The molecule has 2 aliphatic rings. The minimum absolute atomic E-state index is 0.00537. The Hall–Kier alpha value is -1.45. The van der Waals surface area contributed by atoms with Gasteiger partial charge in [0.25, 0.3) is 0 Å². The Morgan fingerprint density at radius 1 is 0.917 bits per heavy atom. The van der Waals surface area contributed by atoms with Gasteiger partial charge < -0.3 is 0 Å². The molecule has 1 aliphatic heterocycles. The molecular weight excluding hydrogens is 362 g/mol. The average Bonchev–Trinajstić information content (AvgIpc) is 3.39. The molecule has 0 bridgehead atoms. The van der Waals surface area contributed by atoms with E-state index in [0.717, 1.165) is 10.0 Å². The van der Waals surface area contributed by atoms with E-state index in [1.54, 1.807) is 0 Å². The number of carbonyl (C=O) groups is 1. The highest BCUT2D eigenvalue weighted by Gasteiger charge is 2.56. The van der Waals surface area contributed by atoms with Crippen molar-refractivity contribution < 1.29 is 4.79 Å². The Kier molecular flexibility index (Phi) is 4.55. The lowest BCUT2D eigenvalue weighted by molar-refractivity contribution is 0.0962. The van der Waals surface area contributed by atoms with E-state index in [4.69, 9.17) is 0 Å². The van der Waals surface area contributed by atoms with Gasteiger partial charge >= 0.3 is 0 Å². The van der Waals surface area contributed by atoms with Crippen LogP contribution >= 0.6 is 15.9 Å². The summed E-state index contributed by atoms with van der Waals surface area (Å²) in [4.78, 5) is 15.7. The smallest absolute Gasteiger partial charge is 0.183 e. The van der Waals surface area contributed by atoms with E-state index in [1.165, 1.54) is 37.7 Å². The maximum atomic E-state index is 13.2. The molecular formula is C21H22BrNO. The van der Waals surface area contributed by atoms with E-state index < -0.39 is 0 Å². The molecule has 2 fully saturated rings. The fraction of sp³-hybridized carbons (Fsp3) is 0.381. The van der Waals surface area contributed by atoms with Crippen LogP contribution in [0.5, 0.6) is 0 Å². The van der Waals surface area contributed by atoms with Gasteiger partial charge in [-0.15, -0.1) is 0 Å². The van der Waals surface area contributed by atoms with Gasteiger partial charge in [0.2, 0.25) is 0 Å². The lowest BCUT2D eigenvalue weighted by Crippen LogP contribution is -2.26. The lowest BCUT2D eigenvalue weighted by Gasteiger charge is -2.24. The van der Waals surface area contributed by atoms with Gasteiger partial charge in [0.1, 0.15) is 0 Å². The zero-order valence-corrected chi connectivity index (χ0v) is 15.3. The molecule has 1 aliphatic carbocycles. The summed E-state index contributed by atoms with van der Waals surface area (Å²) in [6, 6.07) is 19.1. The second-order valence-corrected chi connectivity index (χ2v) is 7.74. The van der Waals surface area contributed by atoms with Crippen LogP contribution in [0.3, 0.4) is 0 Å². The predicted molar refractivity (Wildman–Crippen MR) is 100 cm³/mol. The number of carbonyl (C=O) groups excluding carboxylic acids is 1. The third-order valence-electron chi connectivity index (χ3n) is 5.40. The fourth-order valence-corrected chi connectivity index (χ4v) is 4.67. The van der Waals surface area contributed by atoms with Crippen molar-refractivity contribution in [3.05, 3.63) is 70.2 Å². The number of hydrogen-bond donors (Lipinski definition) is 0. The van der Waals surface area contributed by atoms with Crippen LogP contribution in [0.15, 0.2) is 59.1 Å². The molecule has 3 atom stereocenters. The standard InChI is InChI=1S/C21H22BrNO/c22-18-14-8-7-13-17(18)21(24)20-19(15-9-3-1-4-10-15)23(20)16-11-5-2-6-12-16/h1,3-4,7-10,13-14,16,19-20H,2,5-6,11-12H2. The summed E-state index contributed by atoms with van der Waals surface area (Å²) < 4.78 is 0.900. The Bertz CT molecular complexity index is 724. The van der Waals surface area contributed by atoms with Crippen molar-refractivity contribution in [3.8, 4) is 0 Å². The fourth-order valence-electron chi connectivity index (χ4n) is 4.19. The number of Topliss-reactive ketones (excluding diaryl/α,β-unsaturated/α-hetero) is 1. The van der Waals surface area contributed by atoms with E-state index in [2.05, 4.69) is 45.1 Å². The zero-order valence-electron chi connectivity index (χ0n) is 13.7. The van der Waals surface area contributed by atoms with Crippen molar-refractivity contribution in [2.75, 3.05) is 0 Å². The molecule has 1 saturated carbocycles. The van der Waals surface area contributed by atoms with Crippen LogP contribution in [0.25, 0.3) is 0 Å². The van der Waals surface area contributed by atoms with Crippen molar-refractivity contribution in [1.82, 2.24) is 4.90 Å². The number of rotatable bonds is 4. The first-order valence-corrected chi connectivity index (χ1v) is 9.68. The van der Waals surface area contributed by atoms with Gasteiger partial charge in [-0.25, -0.2) is 0 Å². The van der Waals surface area contributed by atoms with Gasteiger partial charge in [0, 0.05) is 16.1 Å². The molecule has 3 unspecified atom stereocenters. The molecule has 2 nitrogen and oxygen atoms in total. The van der Waals surface area contributed by atoms with Crippen molar-refractivity contribution >= 4 is 21.7 Å². The van der Waals surface area contributed by atoms with Crippen LogP contribution in [0.4, 0.5) is 0 Å². The SMILES string of the molecule is O=C(c1ccccc1Br)C1C(c2ccccc2)N1C1CCCCC1. The van der Waals surface area contributed by atoms with Crippen molar-refractivity contribution in [2.45, 2.75) is 50.2 Å². The first-order chi connectivity index (χ1) is 11.8. The molecule has 0 aromatic heterocycles. The number of benzene rings is 2.